The van der Waals surface area contributed by atoms with Crippen LogP contribution >= 0.6 is 0 Å². The van der Waals surface area contributed by atoms with Crippen LogP contribution in [-0.4, -0.2) is 65.2 Å². The number of carbonyl (C=O) groups is 1. The summed E-state index contributed by atoms with van der Waals surface area (Å²) in [5.74, 6) is 1.09. The van der Waals surface area contributed by atoms with Crippen LogP contribution in [0.5, 0.6) is 11.5 Å². The molecule has 1 aliphatic rings. The Morgan fingerprint density at radius 2 is 1.81 bits per heavy atom. The fourth-order valence-electron chi connectivity index (χ4n) is 3.27. The van der Waals surface area contributed by atoms with Crippen molar-refractivity contribution in [2.45, 2.75) is 24.8 Å². The van der Waals surface area contributed by atoms with Crippen molar-refractivity contribution in [2.75, 3.05) is 41.0 Å². The van der Waals surface area contributed by atoms with Crippen LogP contribution in [0.3, 0.4) is 0 Å². The van der Waals surface area contributed by atoms with E-state index in [9.17, 15) is 13.2 Å². The minimum absolute atomic E-state index is 0.0859. The largest absolute Gasteiger partial charge is 0.454 e. The molecule has 0 aliphatic carbocycles. The molecule has 168 valence electrons. The van der Waals surface area contributed by atoms with Gasteiger partial charge in [0.2, 0.25) is 16.8 Å². The Bertz CT molecular complexity index is 1050. The van der Waals surface area contributed by atoms with Gasteiger partial charge in [0, 0.05) is 25.7 Å². The lowest BCUT2D eigenvalue weighted by Gasteiger charge is -2.19. The maximum atomic E-state index is 13.1. The fourth-order valence-corrected chi connectivity index (χ4v) is 4.37. The molecule has 1 N–H and O–H groups in total. The molecule has 0 spiro atoms. The fraction of sp³-hybridized carbons (Fsp3) is 0.409. The molecule has 1 aliphatic heterocycles. The molecule has 0 saturated heterocycles. The molecule has 1 heterocycles. The minimum Gasteiger partial charge on any atom is -0.454 e. The summed E-state index contributed by atoms with van der Waals surface area (Å²) in [5, 5.41) is 0. The summed E-state index contributed by atoms with van der Waals surface area (Å²) in [6.45, 7) is 3.46. The predicted molar refractivity (Wildman–Crippen MR) is 118 cm³/mol. The Labute approximate surface area is 183 Å². The van der Waals surface area contributed by atoms with Gasteiger partial charge < -0.3 is 19.3 Å². The third kappa shape index (κ3) is 5.75. The summed E-state index contributed by atoms with van der Waals surface area (Å²) < 4.78 is 38.6. The van der Waals surface area contributed by atoms with Crippen molar-refractivity contribution in [1.29, 1.82) is 0 Å². The molecule has 0 atom stereocenters. The SMILES string of the molecule is Cc1ccc(S(=O)(=O)NCCCN(C)C)cc1C(=O)N(C)Cc1ccc2c(c1)OCO2. The third-order valence-electron chi connectivity index (χ3n) is 5.03. The lowest BCUT2D eigenvalue weighted by atomic mass is 10.1. The van der Waals surface area contributed by atoms with E-state index in [2.05, 4.69) is 4.72 Å². The van der Waals surface area contributed by atoms with Crippen LogP contribution in [0.1, 0.15) is 27.9 Å². The number of amides is 1. The summed E-state index contributed by atoms with van der Waals surface area (Å²) in [6, 6.07) is 10.2. The van der Waals surface area contributed by atoms with Crippen LogP contribution < -0.4 is 14.2 Å². The van der Waals surface area contributed by atoms with E-state index in [0.717, 1.165) is 12.1 Å². The van der Waals surface area contributed by atoms with E-state index in [1.807, 2.05) is 37.2 Å². The van der Waals surface area contributed by atoms with Crippen LogP contribution in [0.4, 0.5) is 0 Å². The summed E-state index contributed by atoms with van der Waals surface area (Å²) in [6.07, 6.45) is 0.697. The van der Waals surface area contributed by atoms with Crippen molar-refractivity contribution in [3.8, 4) is 11.5 Å². The highest BCUT2D eigenvalue weighted by Crippen LogP contribution is 2.32. The summed E-state index contributed by atoms with van der Waals surface area (Å²) >= 11 is 0. The molecule has 8 nitrogen and oxygen atoms in total. The van der Waals surface area contributed by atoms with E-state index in [1.54, 1.807) is 24.9 Å². The van der Waals surface area contributed by atoms with Crippen molar-refractivity contribution in [3.05, 3.63) is 53.1 Å². The number of hydrogen-bond acceptors (Lipinski definition) is 6. The number of aryl methyl sites for hydroxylation is 1. The number of ether oxygens (including phenoxy) is 2. The van der Waals surface area contributed by atoms with E-state index >= 15 is 0 Å². The maximum absolute atomic E-state index is 13.1. The molecule has 0 bridgehead atoms. The number of nitrogens with one attached hydrogen (secondary N) is 1. The first-order valence-electron chi connectivity index (χ1n) is 10.1. The second-order valence-corrected chi connectivity index (χ2v) is 9.65. The van der Waals surface area contributed by atoms with Crippen LogP contribution in [0, 0.1) is 6.92 Å². The predicted octanol–water partition coefficient (Wildman–Crippen LogP) is 2.23. The lowest BCUT2D eigenvalue weighted by molar-refractivity contribution is 0.0784. The molecular formula is C22H29N3O5S. The molecular weight excluding hydrogens is 418 g/mol. The van der Waals surface area contributed by atoms with Crippen molar-refractivity contribution < 1.29 is 22.7 Å². The van der Waals surface area contributed by atoms with E-state index in [-0.39, 0.29) is 17.6 Å². The van der Waals surface area contributed by atoms with E-state index < -0.39 is 10.0 Å². The monoisotopic (exact) mass is 447 g/mol. The molecule has 2 aromatic carbocycles. The number of sulfonamides is 1. The van der Waals surface area contributed by atoms with Crippen molar-refractivity contribution >= 4 is 15.9 Å². The summed E-state index contributed by atoms with van der Waals surface area (Å²) in [7, 11) is 1.87. The van der Waals surface area contributed by atoms with Crippen molar-refractivity contribution in [3.63, 3.8) is 0 Å². The average Bonchev–Trinajstić information content (AvgIpc) is 3.18. The molecule has 0 radical (unpaired) electrons. The molecule has 0 fully saturated rings. The second kappa shape index (κ2) is 9.67. The van der Waals surface area contributed by atoms with Crippen molar-refractivity contribution in [1.82, 2.24) is 14.5 Å². The number of rotatable bonds is 9. The van der Waals surface area contributed by atoms with Gasteiger partial charge in [-0.05, 0) is 69.4 Å². The number of hydrogen-bond donors (Lipinski definition) is 1. The van der Waals surface area contributed by atoms with E-state index in [1.165, 1.54) is 12.1 Å². The number of fused-ring (bicyclic) bond motifs is 1. The van der Waals surface area contributed by atoms with Crippen LogP contribution in [0.15, 0.2) is 41.3 Å². The highest BCUT2D eigenvalue weighted by Gasteiger charge is 2.21. The molecule has 0 saturated carbocycles. The number of carbonyl (C=O) groups excluding carboxylic acids is 1. The first-order chi connectivity index (χ1) is 14.7. The molecule has 3 rings (SSSR count). The molecule has 31 heavy (non-hydrogen) atoms. The zero-order chi connectivity index (χ0) is 22.6. The zero-order valence-electron chi connectivity index (χ0n) is 18.3. The Hall–Kier alpha value is -2.62. The van der Waals surface area contributed by atoms with Gasteiger partial charge in [-0.3, -0.25) is 4.79 Å². The van der Waals surface area contributed by atoms with Gasteiger partial charge >= 0.3 is 0 Å². The van der Waals surface area contributed by atoms with Gasteiger partial charge in [0.25, 0.3) is 5.91 Å². The molecule has 0 unspecified atom stereocenters. The first-order valence-corrected chi connectivity index (χ1v) is 11.5. The zero-order valence-corrected chi connectivity index (χ0v) is 19.2. The van der Waals surface area contributed by atoms with Gasteiger partial charge in [0.15, 0.2) is 11.5 Å². The molecule has 1 amide bonds. The first kappa shape index (κ1) is 23.1. The second-order valence-electron chi connectivity index (χ2n) is 7.88. The standard InChI is InChI=1S/C22H29N3O5S/c1-16-6-8-18(31(27,28)23-10-5-11-24(2)3)13-19(16)22(26)25(4)14-17-7-9-20-21(12-17)30-15-29-20/h6-9,12-13,23H,5,10-11,14-15H2,1-4H3. The van der Waals surface area contributed by atoms with Crippen LogP contribution in [0.2, 0.25) is 0 Å². The van der Waals surface area contributed by atoms with Gasteiger partial charge in [-0.15, -0.1) is 0 Å². The van der Waals surface area contributed by atoms with Crippen molar-refractivity contribution in [2.24, 2.45) is 0 Å². The third-order valence-corrected chi connectivity index (χ3v) is 6.49. The Balaban J connectivity index is 1.72. The number of benzene rings is 2. The Morgan fingerprint density at radius 3 is 2.55 bits per heavy atom. The quantitative estimate of drug-likeness (QED) is 0.593. The van der Waals surface area contributed by atoms with Gasteiger partial charge in [-0.25, -0.2) is 13.1 Å². The van der Waals surface area contributed by atoms with Crippen LogP contribution in [0.25, 0.3) is 0 Å². The summed E-state index contributed by atoms with van der Waals surface area (Å²) in [4.78, 5) is 16.7. The topological polar surface area (TPSA) is 88.2 Å². The normalized spacial score (nSPS) is 12.9. The lowest BCUT2D eigenvalue weighted by Crippen LogP contribution is -2.29. The van der Waals surface area contributed by atoms with E-state index in [4.69, 9.17) is 9.47 Å². The summed E-state index contributed by atoms with van der Waals surface area (Å²) in [5.41, 5.74) is 1.97. The van der Waals surface area contributed by atoms with Gasteiger partial charge in [0.1, 0.15) is 0 Å². The highest BCUT2D eigenvalue weighted by molar-refractivity contribution is 7.89. The molecule has 0 aromatic heterocycles. The highest BCUT2D eigenvalue weighted by atomic mass is 32.2. The van der Waals surface area contributed by atoms with Crippen LogP contribution in [-0.2, 0) is 16.6 Å². The number of nitrogens with zero attached hydrogens (tertiary/aromatic N) is 2. The maximum Gasteiger partial charge on any atom is 0.254 e. The molecule has 2 aromatic rings. The smallest absolute Gasteiger partial charge is 0.254 e. The van der Waals surface area contributed by atoms with Gasteiger partial charge in [0.05, 0.1) is 4.90 Å². The van der Waals surface area contributed by atoms with E-state index in [0.29, 0.717) is 42.1 Å². The molecule has 9 heteroatoms. The van der Waals surface area contributed by atoms with Gasteiger partial charge in [-0.2, -0.15) is 0 Å². The average molecular weight is 448 g/mol. The van der Waals surface area contributed by atoms with Gasteiger partial charge in [-0.1, -0.05) is 12.1 Å². The Kier molecular flexibility index (Phi) is 7.19. The Morgan fingerprint density at radius 1 is 1.06 bits per heavy atom. The minimum atomic E-state index is -3.69.